The number of hydrogen-bond acceptors (Lipinski definition) is 3. The minimum atomic E-state index is 0.691. The van der Waals surface area contributed by atoms with Gasteiger partial charge in [-0.3, -0.25) is 0 Å². The lowest BCUT2D eigenvalue weighted by Crippen LogP contribution is -2.20. The predicted octanol–water partition coefficient (Wildman–Crippen LogP) is 2.46. The number of pyridine rings is 1. The first kappa shape index (κ1) is 14.0. The number of hydrogen-bond donors (Lipinski definition) is 1. The minimum absolute atomic E-state index is 0.691. The molecule has 3 nitrogen and oxygen atoms in total. The molecule has 17 heavy (non-hydrogen) atoms. The molecule has 0 radical (unpaired) electrons. The van der Waals surface area contributed by atoms with Gasteiger partial charge in [-0.05, 0) is 36.6 Å². The third-order valence-corrected chi connectivity index (χ3v) is 2.63. The number of anilines is 1. The Morgan fingerprint density at radius 2 is 2.00 bits per heavy atom. The first-order chi connectivity index (χ1) is 8.02. The quantitative estimate of drug-likeness (QED) is 0.821. The van der Waals surface area contributed by atoms with Crippen LogP contribution >= 0.6 is 0 Å². The highest BCUT2D eigenvalue weighted by Gasteiger charge is 2.03. The van der Waals surface area contributed by atoms with Gasteiger partial charge in [-0.25, -0.2) is 4.98 Å². The summed E-state index contributed by atoms with van der Waals surface area (Å²) in [7, 11) is 4.07. The number of nitrogens with one attached hydrogen (secondary N) is 1. The molecule has 0 saturated heterocycles. The number of rotatable bonds is 6. The molecule has 0 amide bonds. The Morgan fingerprint density at radius 1 is 1.29 bits per heavy atom. The van der Waals surface area contributed by atoms with Gasteiger partial charge < -0.3 is 10.2 Å². The fourth-order valence-corrected chi connectivity index (χ4v) is 1.65. The van der Waals surface area contributed by atoms with Crippen molar-refractivity contribution in [2.75, 3.05) is 25.5 Å². The van der Waals surface area contributed by atoms with Gasteiger partial charge in [0, 0.05) is 26.3 Å². The normalized spacial score (nSPS) is 10.9. The summed E-state index contributed by atoms with van der Waals surface area (Å²) in [5, 5.41) is 3.47. The highest BCUT2D eigenvalue weighted by atomic mass is 15.1. The van der Waals surface area contributed by atoms with Gasteiger partial charge in [0.25, 0.3) is 0 Å². The lowest BCUT2D eigenvalue weighted by atomic mass is 10.1. The molecule has 0 aliphatic carbocycles. The fraction of sp³-hybridized carbons (Fsp3) is 0.643. The zero-order valence-electron chi connectivity index (χ0n) is 11.7. The van der Waals surface area contributed by atoms with Crippen LogP contribution in [-0.2, 0) is 13.0 Å². The van der Waals surface area contributed by atoms with Crippen molar-refractivity contribution in [2.45, 2.75) is 33.7 Å². The van der Waals surface area contributed by atoms with Gasteiger partial charge in [0.15, 0.2) is 0 Å². The van der Waals surface area contributed by atoms with Crippen LogP contribution < -0.4 is 10.2 Å². The summed E-state index contributed by atoms with van der Waals surface area (Å²) in [5.41, 5.74) is 2.48. The van der Waals surface area contributed by atoms with E-state index in [1.165, 1.54) is 5.56 Å². The monoisotopic (exact) mass is 235 g/mol. The molecule has 0 fully saturated rings. The van der Waals surface area contributed by atoms with E-state index in [9.17, 15) is 0 Å². The van der Waals surface area contributed by atoms with Crippen molar-refractivity contribution in [3.05, 3.63) is 23.4 Å². The highest BCUT2D eigenvalue weighted by molar-refractivity contribution is 5.41. The van der Waals surface area contributed by atoms with Gasteiger partial charge in [-0.2, -0.15) is 0 Å². The van der Waals surface area contributed by atoms with Crippen LogP contribution in [0.5, 0.6) is 0 Å². The second kappa shape index (κ2) is 6.60. The lowest BCUT2D eigenvalue weighted by molar-refractivity contribution is 0.552. The SMILES string of the molecule is CCc1cc(CNCC(C)C)cc(N(C)C)n1. The van der Waals surface area contributed by atoms with Crippen LogP contribution in [0.3, 0.4) is 0 Å². The molecule has 0 atom stereocenters. The van der Waals surface area contributed by atoms with E-state index in [0.29, 0.717) is 5.92 Å². The van der Waals surface area contributed by atoms with Crippen molar-refractivity contribution in [2.24, 2.45) is 5.92 Å². The Balaban J connectivity index is 2.73. The molecule has 0 aliphatic heterocycles. The molecule has 1 rings (SSSR count). The summed E-state index contributed by atoms with van der Waals surface area (Å²) in [6.07, 6.45) is 0.985. The number of nitrogens with zero attached hydrogens (tertiary/aromatic N) is 2. The molecule has 1 N–H and O–H groups in total. The third-order valence-electron chi connectivity index (χ3n) is 2.63. The topological polar surface area (TPSA) is 28.2 Å². The van der Waals surface area contributed by atoms with E-state index in [1.54, 1.807) is 0 Å². The van der Waals surface area contributed by atoms with E-state index in [-0.39, 0.29) is 0 Å². The van der Waals surface area contributed by atoms with Crippen LogP contribution in [0.25, 0.3) is 0 Å². The van der Waals surface area contributed by atoms with Crippen molar-refractivity contribution in [1.82, 2.24) is 10.3 Å². The number of aryl methyl sites for hydroxylation is 1. The van der Waals surface area contributed by atoms with Crippen LogP contribution in [0.2, 0.25) is 0 Å². The standard InChI is InChI=1S/C14H25N3/c1-6-13-7-12(10-15-9-11(2)3)8-14(16-13)17(4)5/h7-8,11,15H,6,9-10H2,1-5H3. The van der Waals surface area contributed by atoms with E-state index < -0.39 is 0 Å². The van der Waals surface area contributed by atoms with Crippen LogP contribution in [0, 0.1) is 5.92 Å². The van der Waals surface area contributed by atoms with E-state index in [0.717, 1.165) is 31.0 Å². The van der Waals surface area contributed by atoms with Crippen molar-refractivity contribution in [3.63, 3.8) is 0 Å². The molecular weight excluding hydrogens is 210 g/mol. The van der Waals surface area contributed by atoms with Gasteiger partial charge >= 0.3 is 0 Å². The zero-order chi connectivity index (χ0) is 12.8. The lowest BCUT2D eigenvalue weighted by Gasteiger charge is -2.15. The van der Waals surface area contributed by atoms with E-state index >= 15 is 0 Å². The molecule has 0 aliphatic rings. The van der Waals surface area contributed by atoms with Crippen molar-refractivity contribution in [3.8, 4) is 0 Å². The second-order valence-electron chi connectivity index (χ2n) is 5.10. The minimum Gasteiger partial charge on any atom is -0.363 e. The van der Waals surface area contributed by atoms with Crippen molar-refractivity contribution < 1.29 is 0 Å². The third kappa shape index (κ3) is 4.73. The maximum atomic E-state index is 4.59. The molecule has 3 heteroatoms. The summed E-state index contributed by atoms with van der Waals surface area (Å²) < 4.78 is 0. The number of aromatic nitrogens is 1. The maximum absolute atomic E-state index is 4.59. The summed E-state index contributed by atoms with van der Waals surface area (Å²) in [4.78, 5) is 6.65. The summed E-state index contributed by atoms with van der Waals surface area (Å²) in [5.74, 6) is 1.74. The van der Waals surface area contributed by atoms with E-state index in [4.69, 9.17) is 0 Å². The van der Waals surface area contributed by atoms with Crippen LogP contribution in [0.15, 0.2) is 12.1 Å². The Labute approximate surface area is 105 Å². The molecule has 1 aromatic heterocycles. The average Bonchev–Trinajstić information content (AvgIpc) is 2.28. The second-order valence-corrected chi connectivity index (χ2v) is 5.10. The molecule has 0 bridgehead atoms. The van der Waals surface area contributed by atoms with Gasteiger partial charge in [-0.1, -0.05) is 20.8 Å². The summed E-state index contributed by atoms with van der Waals surface area (Å²) in [6.45, 7) is 8.58. The molecule has 0 spiro atoms. The predicted molar refractivity (Wildman–Crippen MR) is 74.5 cm³/mol. The summed E-state index contributed by atoms with van der Waals surface area (Å²) in [6, 6.07) is 4.35. The summed E-state index contributed by atoms with van der Waals surface area (Å²) >= 11 is 0. The molecule has 0 unspecified atom stereocenters. The molecule has 1 heterocycles. The molecule has 0 saturated carbocycles. The first-order valence-corrected chi connectivity index (χ1v) is 6.40. The van der Waals surface area contributed by atoms with Gasteiger partial charge in [0.2, 0.25) is 0 Å². The van der Waals surface area contributed by atoms with Crippen molar-refractivity contribution in [1.29, 1.82) is 0 Å². The van der Waals surface area contributed by atoms with Gasteiger partial charge in [0.1, 0.15) is 5.82 Å². The molecule has 1 aromatic rings. The van der Waals surface area contributed by atoms with Crippen LogP contribution in [0.4, 0.5) is 5.82 Å². The van der Waals surface area contributed by atoms with E-state index in [1.807, 2.05) is 14.1 Å². The van der Waals surface area contributed by atoms with Crippen LogP contribution in [0.1, 0.15) is 32.0 Å². The molecule has 96 valence electrons. The Bertz CT molecular complexity index is 345. The first-order valence-electron chi connectivity index (χ1n) is 6.40. The Hall–Kier alpha value is -1.09. The molecule has 0 aromatic carbocycles. The van der Waals surface area contributed by atoms with Gasteiger partial charge in [0.05, 0.1) is 0 Å². The zero-order valence-corrected chi connectivity index (χ0v) is 11.7. The Kier molecular flexibility index (Phi) is 5.42. The van der Waals surface area contributed by atoms with Crippen molar-refractivity contribution >= 4 is 5.82 Å². The Morgan fingerprint density at radius 3 is 2.53 bits per heavy atom. The van der Waals surface area contributed by atoms with Gasteiger partial charge in [-0.15, -0.1) is 0 Å². The van der Waals surface area contributed by atoms with E-state index in [2.05, 4.69) is 48.1 Å². The smallest absolute Gasteiger partial charge is 0.128 e. The maximum Gasteiger partial charge on any atom is 0.128 e. The highest BCUT2D eigenvalue weighted by Crippen LogP contribution is 2.13. The largest absolute Gasteiger partial charge is 0.363 e. The average molecular weight is 235 g/mol. The van der Waals surface area contributed by atoms with Crippen LogP contribution in [-0.4, -0.2) is 25.6 Å². The fourth-order valence-electron chi connectivity index (χ4n) is 1.65. The molecular formula is C14H25N3.